The van der Waals surface area contributed by atoms with Crippen LogP contribution in [-0.2, 0) is 14.8 Å². The number of hydrogen-bond acceptors (Lipinski definition) is 7. The second-order valence-corrected chi connectivity index (χ2v) is 8.65. The monoisotopic (exact) mass is 389 g/mol. The number of thiophene rings is 2. The van der Waals surface area contributed by atoms with Gasteiger partial charge in [0.15, 0.2) is 0 Å². The highest BCUT2D eigenvalue weighted by molar-refractivity contribution is 7.89. The molecule has 0 radical (unpaired) electrons. The van der Waals surface area contributed by atoms with Crippen molar-refractivity contribution in [1.82, 2.24) is 4.72 Å². The number of methoxy groups -OCH3 is 1. The average Bonchev–Trinajstić information content (AvgIpc) is 3.24. The van der Waals surface area contributed by atoms with Gasteiger partial charge in [0.1, 0.15) is 9.77 Å². The van der Waals surface area contributed by atoms with Crippen molar-refractivity contribution in [3.63, 3.8) is 0 Å². The molecule has 0 aliphatic heterocycles. The number of aliphatic hydroxyl groups is 1. The van der Waals surface area contributed by atoms with Crippen molar-refractivity contribution in [3.8, 4) is 0 Å². The zero-order valence-electron chi connectivity index (χ0n) is 13.1. The van der Waals surface area contributed by atoms with E-state index < -0.39 is 16.0 Å². The number of aliphatic hydroxyl groups excluding tert-OH is 1. The predicted octanol–water partition coefficient (Wildman–Crippen LogP) is 2.43. The van der Waals surface area contributed by atoms with Crippen LogP contribution in [0.5, 0.6) is 0 Å². The first kappa shape index (κ1) is 19.1. The number of nitrogens with one attached hydrogen (secondary N) is 1. The maximum atomic E-state index is 12.4. The van der Waals surface area contributed by atoms with Crippen LogP contribution in [0, 0.1) is 0 Å². The van der Waals surface area contributed by atoms with E-state index in [0.717, 1.165) is 16.2 Å². The minimum Gasteiger partial charge on any atom is -0.465 e. The Balaban J connectivity index is 2.02. The molecule has 9 heteroatoms. The van der Waals surface area contributed by atoms with E-state index in [4.69, 9.17) is 0 Å². The Hall–Kier alpha value is -1.26. The van der Waals surface area contributed by atoms with Gasteiger partial charge in [0, 0.05) is 18.0 Å². The number of carbonyl (C=O) groups is 1. The number of carbonyl (C=O) groups excluding carboxylic acids is 1. The van der Waals surface area contributed by atoms with Crippen LogP contribution in [-0.4, -0.2) is 39.8 Å². The van der Waals surface area contributed by atoms with Crippen molar-refractivity contribution in [2.75, 3.05) is 20.3 Å². The molecule has 2 rings (SSSR count). The third-order valence-electron chi connectivity index (χ3n) is 3.50. The van der Waals surface area contributed by atoms with Crippen LogP contribution in [0.3, 0.4) is 0 Å². The Kier molecular flexibility index (Phi) is 6.93. The average molecular weight is 390 g/mol. The molecular weight excluding hydrogens is 370 g/mol. The van der Waals surface area contributed by atoms with Gasteiger partial charge in [0.25, 0.3) is 0 Å². The maximum Gasteiger partial charge on any atom is 0.349 e. The SMILES string of the molecule is COC(=O)c1sccc1S(=O)(=O)NCC[C@@H](CCO)c1cccs1. The molecule has 0 fully saturated rings. The molecule has 0 saturated carbocycles. The molecule has 6 nitrogen and oxygen atoms in total. The van der Waals surface area contributed by atoms with Crippen molar-refractivity contribution in [3.05, 3.63) is 38.7 Å². The van der Waals surface area contributed by atoms with Crippen molar-refractivity contribution in [2.45, 2.75) is 23.7 Å². The van der Waals surface area contributed by atoms with Crippen LogP contribution < -0.4 is 4.72 Å². The zero-order valence-corrected chi connectivity index (χ0v) is 15.5. The zero-order chi connectivity index (χ0) is 17.6. The minimum atomic E-state index is -3.78. The Morgan fingerprint density at radius 3 is 2.71 bits per heavy atom. The van der Waals surface area contributed by atoms with Gasteiger partial charge in [-0.2, -0.15) is 0 Å². The summed E-state index contributed by atoms with van der Waals surface area (Å²) in [6.45, 7) is 0.272. The molecule has 2 aromatic rings. The minimum absolute atomic E-state index is 0.0480. The van der Waals surface area contributed by atoms with E-state index in [9.17, 15) is 18.3 Å². The fraction of sp³-hybridized carbons (Fsp3) is 0.400. The lowest BCUT2D eigenvalue weighted by atomic mass is 10.0. The Morgan fingerprint density at radius 2 is 2.08 bits per heavy atom. The normalized spacial score (nSPS) is 12.9. The summed E-state index contributed by atoms with van der Waals surface area (Å²) in [5, 5.41) is 12.7. The van der Waals surface area contributed by atoms with E-state index >= 15 is 0 Å². The fourth-order valence-corrected chi connectivity index (χ4v) is 5.58. The predicted molar refractivity (Wildman–Crippen MR) is 94.2 cm³/mol. The number of sulfonamides is 1. The number of esters is 1. The first-order valence-electron chi connectivity index (χ1n) is 7.29. The highest BCUT2D eigenvalue weighted by atomic mass is 32.2. The summed E-state index contributed by atoms with van der Waals surface area (Å²) in [6.07, 6.45) is 1.14. The fourth-order valence-electron chi connectivity index (χ4n) is 2.30. The first-order valence-corrected chi connectivity index (χ1v) is 10.5. The Morgan fingerprint density at radius 1 is 1.29 bits per heavy atom. The van der Waals surface area contributed by atoms with E-state index in [1.807, 2.05) is 17.5 Å². The second kappa shape index (κ2) is 8.72. The van der Waals surface area contributed by atoms with Crippen LogP contribution >= 0.6 is 22.7 Å². The summed E-state index contributed by atoms with van der Waals surface area (Å²) in [5.74, 6) is -0.567. The highest BCUT2D eigenvalue weighted by Crippen LogP contribution is 2.27. The lowest BCUT2D eigenvalue weighted by Crippen LogP contribution is -2.27. The topological polar surface area (TPSA) is 92.7 Å². The van der Waals surface area contributed by atoms with Crippen LogP contribution in [0.15, 0.2) is 33.9 Å². The molecule has 132 valence electrons. The van der Waals surface area contributed by atoms with Crippen LogP contribution in [0.1, 0.15) is 33.3 Å². The molecule has 0 amide bonds. The molecule has 2 N–H and O–H groups in total. The van der Waals surface area contributed by atoms with Gasteiger partial charge in [-0.1, -0.05) is 6.07 Å². The molecule has 24 heavy (non-hydrogen) atoms. The summed E-state index contributed by atoms with van der Waals surface area (Å²) < 4.78 is 31.9. The molecule has 0 aliphatic rings. The van der Waals surface area contributed by atoms with Gasteiger partial charge in [-0.15, -0.1) is 22.7 Å². The smallest absolute Gasteiger partial charge is 0.349 e. The standard InChI is InChI=1S/C15H19NO5S3/c1-21-15(18)14-13(6-10-23-14)24(19,20)16-7-4-11(5-8-17)12-3-2-9-22-12/h2-3,6,9-11,16-17H,4-5,7-8H2,1H3/t11-/m0/s1. The molecule has 0 saturated heterocycles. The van der Waals surface area contributed by atoms with Gasteiger partial charge in [0.2, 0.25) is 10.0 Å². The van der Waals surface area contributed by atoms with Gasteiger partial charge < -0.3 is 9.84 Å². The quantitative estimate of drug-likeness (QED) is 0.643. The number of ether oxygens (including phenoxy) is 1. The van der Waals surface area contributed by atoms with Crippen LogP contribution in [0.4, 0.5) is 0 Å². The maximum absolute atomic E-state index is 12.4. The van der Waals surface area contributed by atoms with E-state index in [-0.39, 0.29) is 28.8 Å². The van der Waals surface area contributed by atoms with Crippen molar-refractivity contribution < 1.29 is 23.1 Å². The molecule has 0 bridgehead atoms. The summed E-state index contributed by atoms with van der Waals surface area (Å²) >= 11 is 2.62. The summed E-state index contributed by atoms with van der Waals surface area (Å²) in [4.78, 5) is 12.8. The molecule has 2 heterocycles. The van der Waals surface area contributed by atoms with E-state index in [2.05, 4.69) is 9.46 Å². The van der Waals surface area contributed by atoms with E-state index in [1.54, 1.807) is 16.7 Å². The summed E-state index contributed by atoms with van der Waals surface area (Å²) in [5.41, 5.74) is 0. The van der Waals surface area contributed by atoms with Crippen molar-refractivity contribution >= 4 is 38.7 Å². The van der Waals surface area contributed by atoms with Gasteiger partial charge in [-0.3, -0.25) is 0 Å². The van der Waals surface area contributed by atoms with Gasteiger partial charge in [-0.05, 0) is 41.7 Å². The molecule has 1 atom stereocenters. The van der Waals surface area contributed by atoms with E-state index in [0.29, 0.717) is 12.8 Å². The highest BCUT2D eigenvalue weighted by Gasteiger charge is 2.24. The van der Waals surface area contributed by atoms with Gasteiger partial charge >= 0.3 is 5.97 Å². The van der Waals surface area contributed by atoms with Crippen molar-refractivity contribution in [2.24, 2.45) is 0 Å². The molecule has 0 unspecified atom stereocenters. The Labute approximate surface area is 149 Å². The van der Waals surface area contributed by atoms with E-state index in [1.165, 1.54) is 13.2 Å². The first-order chi connectivity index (χ1) is 11.5. The third kappa shape index (κ3) is 4.64. The van der Waals surface area contributed by atoms with Crippen LogP contribution in [0.2, 0.25) is 0 Å². The second-order valence-electron chi connectivity index (χ2n) is 5.02. The van der Waals surface area contributed by atoms with Gasteiger partial charge in [-0.25, -0.2) is 17.9 Å². The molecule has 2 aromatic heterocycles. The summed E-state index contributed by atoms with van der Waals surface area (Å²) in [7, 11) is -2.57. The molecule has 0 spiro atoms. The largest absolute Gasteiger partial charge is 0.465 e. The van der Waals surface area contributed by atoms with Crippen LogP contribution in [0.25, 0.3) is 0 Å². The number of hydrogen-bond donors (Lipinski definition) is 2. The Bertz CT molecular complexity index is 752. The van der Waals surface area contributed by atoms with Gasteiger partial charge in [0.05, 0.1) is 7.11 Å². The third-order valence-corrected chi connectivity index (χ3v) is 7.06. The lowest BCUT2D eigenvalue weighted by Gasteiger charge is -2.14. The van der Waals surface area contributed by atoms with Crippen molar-refractivity contribution in [1.29, 1.82) is 0 Å². The summed E-state index contributed by atoms with van der Waals surface area (Å²) in [6, 6.07) is 5.31. The molecule has 0 aromatic carbocycles. The molecule has 0 aliphatic carbocycles. The number of rotatable bonds is 9. The lowest BCUT2D eigenvalue weighted by molar-refractivity contribution is 0.0602. The molecular formula is C15H19NO5S3.